The van der Waals surface area contributed by atoms with E-state index in [0.717, 1.165) is 0 Å². The predicted octanol–water partition coefficient (Wildman–Crippen LogP) is 5.22. The number of rotatable bonds is 5. The maximum atomic E-state index is 3.69. The minimum Gasteiger partial charge on any atom is -0.313 e. The van der Waals surface area contributed by atoms with Crippen LogP contribution in [0.4, 0.5) is 0 Å². The van der Waals surface area contributed by atoms with Crippen LogP contribution in [0.5, 0.6) is 0 Å². The molecule has 0 aliphatic carbocycles. The summed E-state index contributed by atoms with van der Waals surface area (Å²) in [5.41, 5.74) is 2.61. The first-order valence-corrected chi connectivity index (χ1v) is 7.76. The van der Waals surface area contributed by atoms with Gasteiger partial charge in [0, 0.05) is 15.0 Å². The van der Waals surface area contributed by atoms with Crippen LogP contribution in [0.3, 0.4) is 0 Å². The van der Waals surface area contributed by atoms with E-state index in [-0.39, 0.29) is 0 Å². The number of aryl methyl sites for hydroxylation is 1. The summed E-state index contributed by atoms with van der Waals surface area (Å²) in [5, 5.41) is 3.46. The van der Waals surface area contributed by atoms with Crippen molar-refractivity contribution in [3.8, 4) is 0 Å². The fraction of sp³-hybridized carbons (Fsp3) is 0.571. The van der Waals surface area contributed by atoms with Crippen LogP contribution in [0.2, 0.25) is 0 Å². The highest BCUT2D eigenvalue weighted by atomic mass is 79.9. The van der Waals surface area contributed by atoms with E-state index in [9.17, 15) is 0 Å². The van der Waals surface area contributed by atoms with Crippen LogP contribution >= 0.6 is 31.9 Å². The molecule has 0 radical (unpaired) electrons. The number of halogens is 2. The van der Waals surface area contributed by atoms with Gasteiger partial charge in [-0.25, -0.2) is 0 Å². The van der Waals surface area contributed by atoms with Gasteiger partial charge in [0.1, 0.15) is 0 Å². The average Bonchev–Trinajstić information content (AvgIpc) is 2.31. The van der Waals surface area contributed by atoms with Gasteiger partial charge in [0.15, 0.2) is 0 Å². The van der Waals surface area contributed by atoms with Crippen LogP contribution < -0.4 is 5.32 Å². The van der Waals surface area contributed by atoms with Crippen molar-refractivity contribution in [2.24, 2.45) is 5.92 Å². The molecule has 1 rings (SSSR count). The van der Waals surface area contributed by atoms with Crippen LogP contribution in [0.1, 0.15) is 43.9 Å². The van der Waals surface area contributed by atoms with Crippen LogP contribution in [0.25, 0.3) is 0 Å². The molecule has 1 unspecified atom stereocenters. The minimum absolute atomic E-state index is 0.413. The molecule has 0 saturated heterocycles. The Morgan fingerprint density at radius 1 is 1.12 bits per heavy atom. The molecule has 1 atom stereocenters. The van der Waals surface area contributed by atoms with E-state index in [1.807, 2.05) is 7.05 Å². The Morgan fingerprint density at radius 3 is 2.18 bits per heavy atom. The van der Waals surface area contributed by atoms with Crippen molar-refractivity contribution in [1.29, 1.82) is 0 Å². The molecule has 1 aromatic carbocycles. The fourth-order valence-corrected chi connectivity index (χ4v) is 3.37. The highest BCUT2D eigenvalue weighted by Gasteiger charge is 2.21. The standard InChI is InChI=1S/C14H21Br2N/c1-5-10(6-2)14(17-4)11-8-12(15)9(3)7-13(11)16/h7-8,10,14,17H,5-6H2,1-4H3. The topological polar surface area (TPSA) is 12.0 Å². The summed E-state index contributed by atoms with van der Waals surface area (Å²) in [4.78, 5) is 0. The second-order valence-corrected chi connectivity index (χ2v) is 6.17. The van der Waals surface area contributed by atoms with Crippen LogP contribution in [0.15, 0.2) is 21.1 Å². The maximum absolute atomic E-state index is 3.69. The minimum atomic E-state index is 0.413. The predicted molar refractivity (Wildman–Crippen MR) is 82.5 cm³/mol. The normalized spacial score (nSPS) is 13.1. The van der Waals surface area contributed by atoms with E-state index >= 15 is 0 Å². The molecule has 0 saturated carbocycles. The van der Waals surface area contributed by atoms with Gasteiger partial charge in [-0.2, -0.15) is 0 Å². The summed E-state index contributed by atoms with van der Waals surface area (Å²) in [6.07, 6.45) is 2.39. The summed E-state index contributed by atoms with van der Waals surface area (Å²) >= 11 is 7.31. The van der Waals surface area contributed by atoms with Crippen molar-refractivity contribution in [3.63, 3.8) is 0 Å². The first-order valence-electron chi connectivity index (χ1n) is 6.17. The Hall–Kier alpha value is 0.140. The zero-order valence-electron chi connectivity index (χ0n) is 11.0. The first-order chi connectivity index (χ1) is 8.04. The summed E-state index contributed by atoms with van der Waals surface area (Å²) in [7, 11) is 2.04. The third-order valence-corrected chi connectivity index (χ3v) is 4.99. The Bertz CT molecular complexity index is 373. The summed E-state index contributed by atoms with van der Waals surface area (Å²) in [6.45, 7) is 6.63. The molecule has 0 heterocycles. The molecular formula is C14H21Br2N. The van der Waals surface area contributed by atoms with E-state index < -0.39 is 0 Å². The van der Waals surface area contributed by atoms with E-state index in [1.54, 1.807) is 0 Å². The molecule has 17 heavy (non-hydrogen) atoms. The summed E-state index contributed by atoms with van der Waals surface area (Å²) in [5.74, 6) is 0.672. The Morgan fingerprint density at radius 2 is 1.71 bits per heavy atom. The van der Waals surface area contributed by atoms with Gasteiger partial charge in [0.05, 0.1) is 0 Å². The number of nitrogens with one attached hydrogen (secondary N) is 1. The molecule has 0 aliphatic heterocycles. The van der Waals surface area contributed by atoms with Gasteiger partial charge in [0.2, 0.25) is 0 Å². The van der Waals surface area contributed by atoms with Gasteiger partial charge in [0.25, 0.3) is 0 Å². The summed E-state index contributed by atoms with van der Waals surface area (Å²) < 4.78 is 2.38. The number of benzene rings is 1. The maximum Gasteiger partial charge on any atom is 0.0357 e. The van der Waals surface area contributed by atoms with Crippen molar-refractivity contribution in [2.75, 3.05) is 7.05 Å². The lowest BCUT2D eigenvalue weighted by Gasteiger charge is -2.27. The molecule has 0 aromatic heterocycles. The quantitative estimate of drug-likeness (QED) is 0.757. The van der Waals surface area contributed by atoms with Crippen molar-refractivity contribution in [1.82, 2.24) is 5.32 Å². The molecule has 0 aliphatic rings. The molecular weight excluding hydrogens is 342 g/mol. The first kappa shape index (κ1) is 15.2. The van der Waals surface area contributed by atoms with Crippen molar-refractivity contribution in [2.45, 2.75) is 39.7 Å². The zero-order valence-corrected chi connectivity index (χ0v) is 14.2. The Kier molecular flexibility index (Phi) is 6.18. The van der Waals surface area contributed by atoms with Crippen LogP contribution in [0, 0.1) is 12.8 Å². The lowest BCUT2D eigenvalue weighted by Crippen LogP contribution is -2.25. The van der Waals surface area contributed by atoms with E-state index in [0.29, 0.717) is 12.0 Å². The highest BCUT2D eigenvalue weighted by Crippen LogP contribution is 2.35. The SMILES string of the molecule is CCC(CC)C(NC)c1cc(Br)c(C)cc1Br. The van der Waals surface area contributed by atoms with Gasteiger partial charge in [-0.05, 0) is 43.1 Å². The Labute approximate surface area is 122 Å². The molecule has 1 N–H and O–H groups in total. The Balaban J connectivity index is 3.15. The second kappa shape index (κ2) is 6.91. The molecule has 0 fully saturated rings. The van der Waals surface area contributed by atoms with Crippen molar-refractivity contribution in [3.05, 3.63) is 32.2 Å². The molecule has 1 nitrogen and oxygen atoms in total. The molecule has 1 aromatic rings. The number of hydrogen-bond donors (Lipinski definition) is 1. The lowest BCUT2D eigenvalue weighted by molar-refractivity contribution is 0.358. The van der Waals surface area contributed by atoms with Gasteiger partial charge in [-0.1, -0.05) is 58.5 Å². The smallest absolute Gasteiger partial charge is 0.0357 e. The second-order valence-electron chi connectivity index (χ2n) is 4.47. The third-order valence-electron chi connectivity index (χ3n) is 3.44. The lowest BCUT2D eigenvalue weighted by atomic mass is 9.88. The summed E-state index contributed by atoms with van der Waals surface area (Å²) in [6, 6.07) is 4.83. The fourth-order valence-electron chi connectivity index (χ4n) is 2.31. The monoisotopic (exact) mass is 361 g/mol. The molecule has 0 bridgehead atoms. The van der Waals surface area contributed by atoms with E-state index in [4.69, 9.17) is 0 Å². The van der Waals surface area contributed by atoms with Gasteiger partial charge < -0.3 is 5.32 Å². The average molecular weight is 363 g/mol. The van der Waals surface area contributed by atoms with Gasteiger partial charge in [-0.3, -0.25) is 0 Å². The van der Waals surface area contributed by atoms with Gasteiger partial charge >= 0.3 is 0 Å². The van der Waals surface area contributed by atoms with Crippen LogP contribution in [-0.4, -0.2) is 7.05 Å². The van der Waals surface area contributed by atoms with Crippen molar-refractivity contribution >= 4 is 31.9 Å². The molecule has 3 heteroatoms. The highest BCUT2D eigenvalue weighted by molar-refractivity contribution is 9.11. The largest absolute Gasteiger partial charge is 0.313 e. The number of hydrogen-bond acceptors (Lipinski definition) is 1. The molecule has 0 amide bonds. The zero-order chi connectivity index (χ0) is 13.0. The van der Waals surface area contributed by atoms with Crippen molar-refractivity contribution < 1.29 is 0 Å². The molecule has 0 spiro atoms. The van der Waals surface area contributed by atoms with E-state index in [1.165, 1.54) is 32.9 Å². The third kappa shape index (κ3) is 3.55. The molecule has 96 valence electrons. The van der Waals surface area contributed by atoms with E-state index in [2.05, 4.69) is 70.1 Å². The van der Waals surface area contributed by atoms with Gasteiger partial charge in [-0.15, -0.1) is 0 Å². The van der Waals surface area contributed by atoms with Crippen LogP contribution in [-0.2, 0) is 0 Å².